The zero-order chi connectivity index (χ0) is 65.5. The number of halogens is 4. The summed E-state index contributed by atoms with van der Waals surface area (Å²) in [5.74, 6) is 0.793. The molecule has 2 amide bonds. The molecule has 0 unspecified atom stereocenters. The fourth-order valence-corrected chi connectivity index (χ4v) is 19.7. The normalized spacial score (nSPS) is 29.3. The zero-order valence-electron chi connectivity index (χ0n) is 52.4. The van der Waals surface area contributed by atoms with Gasteiger partial charge in [0, 0.05) is 67.1 Å². The number of hydrogen-bond acceptors (Lipinski definition) is 12. The Morgan fingerprint density at radius 1 is 0.532 bits per heavy atom. The number of benzene rings is 6. The first-order valence-electron chi connectivity index (χ1n) is 33.1. The summed E-state index contributed by atoms with van der Waals surface area (Å²) in [6.45, 7) is 3.75. The highest BCUT2D eigenvalue weighted by Gasteiger charge is 2.47. The first-order valence-corrected chi connectivity index (χ1v) is 38.6. The quantitative estimate of drug-likeness (QED) is 0.122. The lowest BCUT2D eigenvalue weighted by Gasteiger charge is -2.45. The molecule has 6 aromatic carbocycles. The number of nitrogens with one attached hydrogen (secondary N) is 2. The number of sulfonamides is 2. The predicted octanol–water partition coefficient (Wildman–Crippen LogP) is 14.0. The number of hydrogen-bond donors (Lipinski definition) is 4. The second kappa shape index (κ2) is 28.0. The standard InChI is InChI=1S/2C37H40BrClN2O5S/c2*38-28-11-7-24(8-12-28)18-30-5-1-2-6-34(42)31-14-9-27(31)21-41-22-37(17-3-4-25-19-29(39)13-15-32(25)37)23-46-35-16-10-26(20-33(35)41)36(43)40-47(30,44)45/h2*2,6-8,10-13,15-16,19-20,27,30-31,34,42H,1,3-5,9,14,17-18,21-23H2,(H,40,43)/b2*6-2+/t27-,30+,31+,34-,37-;27-,30-,31+,34-,37-/m00/s1. The Balaban J connectivity index is 0.000000171. The molecule has 8 aliphatic rings. The number of nitrogens with zero attached hydrogens (tertiary/aromatic N) is 2. The van der Waals surface area contributed by atoms with Crippen molar-refractivity contribution in [3.05, 3.63) is 209 Å². The zero-order valence-corrected chi connectivity index (χ0v) is 58.7. The molecule has 20 heteroatoms. The van der Waals surface area contributed by atoms with E-state index in [1.54, 1.807) is 36.4 Å². The molecule has 0 radical (unpaired) electrons. The highest BCUT2D eigenvalue weighted by atomic mass is 79.9. The van der Waals surface area contributed by atoms with Crippen molar-refractivity contribution < 1.29 is 46.1 Å². The topological polar surface area (TPSA) is 192 Å². The average molecular weight is 1480 g/mol. The van der Waals surface area contributed by atoms with Crippen LogP contribution in [0.15, 0.2) is 155 Å². The lowest BCUT2D eigenvalue weighted by molar-refractivity contribution is 0.0454. The first kappa shape index (κ1) is 66.9. The van der Waals surface area contributed by atoms with Gasteiger partial charge in [-0.25, -0.2) is 26.3 Å². The van der Waals surface area contributed by atoms with Gasteiger partial charge < -0.3 is 29.5 Å². The summed E-state index contributed by atoms with van der Waals surface area (Å²) in [6, 6.07) is 37.9. The van der Waals surface area contributed by atoms with Crippen LogP contribution >= 0.6 is 55.1 Å². The van der Waals surface area contributed by atoms with E-state index in [1.165, 1.54) is 22.3 Å². The van der Waals surface area contributed by atoms with E-state index in [0.29, 0.717) is 76.6 Å². The van der Waals surface area contributed by atoms with Gasteiger partial charge in [-0.1, -0.05) is 116 Å². The molecule has 496 valence electrons. The number of aliphatic hydroxyl groups is 2. The largest absolute Gasteiger partial charge is 0.490 e. The van der Waals surface area contributed by atoms with Crippen molar-refractivity contribution in [3.63, 3.8) is 0 Å². The summed E-state index contributed by atoms with van der Waals surface area (Å²) in [6.07, 6.45) is 18.1. The molecule has 0 saturated heterocycles. The minimum atomic E-state index is -4.04. The summed E-state index contributed by atoms with van der Waals surface area (Å²) in [5, 5.41) is 22.3. The number of rotatable bonds is 4. The highest BCUT2D eigenvalue weighted by Crippen LogP contribution is 2.49. The number of carbonyl (C=O) groups is 2. The van der Waals surface area contributed by atoms with Gasteiger partial charge in [0.05, 0.1) is 47.3 Å². The summed E-state index contributed by atoms with van der Waals surface area (Å²) >= 11 is 19.7. The molecule has 4 bridgehead atoms. The van der Waals surface area contributed by atoms with Crippen molar-refractivity contribution in [2.24, 2.45) is 23.7 Å². The van der Waals surface area contributed by atoms with E-state index in [1.807, 2.05) is 85.0 Å². The molecule has 14 rings (SSSR count). The van der Waals surface area contributed by atoms with Crippen molar-refractivity contribution in [1.29, 1.82) is 0 Å². The second-order valence-electron chi connectivity index (χ2n) is 27.4. The van der Waals surface area contributed by atoms with Crippen LogP contribution in [0.1, 0.15) is 131 Å². The first-order chi connectivity index (χ1) is 45.2. The van der Waals surface area contributed by atoms with Gasteiger partial charge in [-0.05, 0) is 245 Å². The van der Waals surface area contributed by atoms with Crippen molar-refractivity contribution in [2.75, 3.05) is 49.2 Å². The van der Waals surface area contributed by atoms with E-state index in [-0.39, 0.29) is 58.5 Å². The Kier molecular flexibility index (Phi) is 19.9. The monoisotopic (exact) mass is 1480 g/mol. The lowest BCUT2D eigenvalue weighted by atomic mass is 9.68. The van der Waals surface area contributed by atoms with Crippen molar-refractivity contribution in [2.45, 2.75) is 136 Å². The third kappa shape index (κ3) is 14.5. The van der Waals surface area contributed by atoms with Gasteiger partial charge in [-0.2, -0.15) is 0 Å². The van der Waals surface area contributed by atoms with Crippen LogP contribution in [0.2, 0.25) is 10.0 Å². The summed E-state index contributed by atoms with van der Waals surface area (Å²) in [5.41, 5.74) is 8.28. The molecule has 10 atom stereocenters. The molecule has 0 aromatic heterocycles. The van der Waals surface area contributed by atoms with Crippen molar-refractivity contribution >= 4 is 98.3 Å². The molecule has 94 heavy (non-hydrogen) atoms. The summed E-state index contributed by atoms with van der Waals surface area (Å²) in [4.78, 5) is 32.0. The number of fused-ring (bicyclic) bond motifs is 8. The van der Waals surface area contributed by atoms with Gasteiger partial charge in [0.2, 0.25) is 20.0 Å². The third-order valence-electron chi connectivity index (χ3n) is 21.4. The third-order valence-corrected chi connectivity index (χ3v) is 26.4. The number of amides is 2. The lowest BCUT2D eigenvalue weighted by Crippen LogP contribution is -2.49. The summed E-state index contributed by atoms with van der Waals surface area (Å²) < 4.78 is 74.9. The van der Waals surface area contributed by atoms with Crippen LogP contribution in [-0.2, 0) is 56.6 Å². The highest BCUT2D eigenvalue weighted by molar-refractivity contribution is 9.10. The Morgan fingerprint density at radius 2 is 0.947 bits per heavy atom. The number of aliphatic hydroxyl groups excluding tert-OH is 2. The molecule has 2 saturated carbocycles. The number of allylic oxidation sites excluding steroid dienone is 2. The Bertz CT molecular complexity index is 3860. The summed E-state index contributed by atoms with van der Waals surface area (Å²) in [7, 11) is -8.09. The molecule has 4 aliphatic heterocycles. The number of ether oxygens (including phenoxy) is 2. The van der Waals surface area contributed by atoms with Gasteiger partial charge in [0.1, 0.15) is 11.5 Å². The predicted molar refractivity (Wildman–Crippen MR) is 378 cm³/mol. The number of anilines is 2. The SMILES string of the molecule is O=C1NS(=O)(=O)[C@@H](Cc2ccc(Br)cc2)CC/C=C/[C@H](O)[C@@H]2CC[C@H]2CN2C[C@@]3(CCCc4cc(Cl)ccc43)COc3ccc1cc32.O=C1NS(=O)(=O)[C@H](Cc2ccc(Br)cc2)CC/C=C/[C@H](O)[C@@H]2CC[C@H]2CN2C[C@@]3(CCCc4cc(Cl)ccc43)COc3ccc1cc32. The molecule has 4 heterocycles. The molecule has 14 nitrogen and oxygen atoms in total. The van der Waals surface area contributed by atoms with Gasteiger partial charge in [0.25, 0.3) is 11.8 Å². The van der Waals surface area contributed by atoms with E-state index >= 15 is 0 Å². The molecular formula is C74H80Br2Cl2N4O10S2. The van der Waals surface area contributed by atoms with Crippen LogP contribution in [0.3, 0.4) is 0 Å². The Labute approximate surface area is 579 Å². The van der Waals surface area contributed by atoms with Gasteiger partial charge >= 0.3 is 0 Å². The van der Waals surface area contributed by atoms with E-state index in [2.05, 4.69) is 75.4 Å². The minimum absolute atomic E-state index is 0.106. The number of carbonyl (C=O) groups excluding carboxylic acids is 2. The van der Waals surface area contributed by atoms with Crippen molar-refractivity contribution in [3.8, 4) is 11.5 Å². The molecule has 2 spiro atoms. The second-order valence-corrected chi connectivity index (χ2v) is 34.1. The smallest absolute Gasteiger partial charge is 0.264 e. The fourth-order valence-electron chi connectivity index (χ4n) is 16.0. The van der Waals surface area contributed by atoms with Crippen LogP contribution in [0.25, 0.3) is 0 Å². The van der Waals surface area contributed by atoms with E-state index in [9.17, 15) is 36.6 Å². The van der Waals surface area contributed by atoms with Gasteiger partial charge in [0.15, 0.2) is 0 Å². The maximum absolute atomic E-state index is 13.8. The molecule has 4 N–H and O–H groups in total. The molecule has 2 fully saturated rings. The van der Waals surface area contributed by atoms with Crippen LogP contribution in [0, 0.1) is 23.7 Å². The Morgan fingerprint density at radius 3 is 1.34 bits per heavy atom. The van der Waals surface area contributed by atoms with Crippen LogP contribution in [-0.4, -0.2) is 101 Å². The van der Waals surface area contributed by atoms with Crippen LogP contribution < -0.4 is 28.7 Å². The van der Waals surface area contributed by atoms with Crippen molar-refractivity contribution in [1.82, 2.24) is 9.44 Å². The van der Waals surface area contributed by atoms with Crippen LogP contribution in [0.4, 0.5) is 11.4 Å². The van der Waals surface area contributed by atoms with E-state index < -0.39 is 54.6 Å². The molecule has 4 aliphatic carbocycles. The maximum atomic E-state index is 13.8. The van der Waals surface area contributed by atoms with Gasteiger partial charge in [-0.3, -0.25) is 9.59 Å². The molecular weight excluding hydrogens is 1400 g/mol. The average Bonchev–Trinajstić information content (AvgIpc) is 1.38. The van der Waals surface area contributed by atoms with Crippen LogP contribution in [0.5, 0.6) is 11.5 Å². The number of aryl methyl sites for hydroxylation is 2. The maximum Gasteiger partial charge on any atom is 0.264 e. The fraction of sp³-hybridized carbons (Fsp3) is 0.432. The molecule has 6 aromatic rings. The Hall–Kier alpha value is -5.70. The van der Waals surface area contributed by atoms with Gasteiger partial charge in [-0.15, -0.1) is 0 Å². The van der Waals surface area contributed by atoms with E-state index in [4.69, 9.17) is 32.7 Å². The minimum Gasteiger partial charge on any atom is -0.490 e. The van der Waals surface area contributed by atoms with E-state index in [0.717, 1.165) is 106 Å².